The Hall–Kier alpha value is -2.50. The lowest BCUT2D eigenvalue weighted by atomic mass is 10.2. The highest BCUT2D eigenvalue weighted by Crippen LogP contribution is 2.18. The second-order valence-electron chi connectivity index (χ2n) is 4.37. The number of rotatable bonds is 5. The zero-order chi connectivity index (χ0) is 15.2. The Balaban J connectivity index is 1.87. The SMILES string of the molecule is O=C(CNc1cc(F)cc(F)c1F)NCc1ccccc1. The first-order valence-corrected chi connectivity index (χ1v) is 6.25. The minimum absolute atomic E-state index is 0.285. The molecule has 0 fully saturated rings. The third-order valence-electron chi connectivity index (χ3n) is 2.76. The van der Waals surface area contributed by atoms with Crippen LogP contribution in [-0.4, -0.2) is 12.5 Å². The van der Waals surface area contributed by atoms with E-state index in [9.17, 15) is 18.0 Å². The molecule has 0 radical (unpaired) electrons. The van der Waals surface area contributed by atoms with Gasteiger partial charge in [0.05, 0.1) is 12.2 Å². The molecule has 2 aromatic rings. The molecule has 1 amide bonds. The van der Waals surface area contributed by atoms with Crippen molar-refractivity contribution in [1.82, 2.24) is 5.32 Å². The number of carbonyl (C=O) groups is 1. The van der Waals surface area contributed by atoms with Crippen LogP contribution >= 0.6 is 0 Å². The summed E-state index contributed by atoms with van der Waals surface area (Å²) in [5, 5.41) is 4.97. The van der Waals surface area contributed by atoms with Gasteiger partial charge in [0.2, 0.25) is 5.91 Å². The van der Waals surface area contributed by atoms with E-state index >= 15 is 0 Å². The van der Waals surface area contributed by atoms with Gasteiger partial charge in [-0.1, -0.05) is 30.3 Å². The van der Waals surface area contributed by atoms with Crippen LogP contribution in [0.25, 0.3) is 0 Å². The van der Waals surface area contributed by atoms with E-state index in [1.165, 1.54) is 0 Å². The van der Waals surface area contributed by atoms with Crippen molar-refractivity contribution in [2.24, 2.45) is 0 Å². The number of benzene rings is 2. The highest BCUT2D eigenvalue weighted by Gasteiger charge is 2.11. The molecule has 110 valence electrons. The van der Waals surface area contributed by atoms with Crippen molar-refractivity contribution < 1.29 is 18.0 Å². The van der Waals surface area contributed by atoms with E-state index in [1.807, 2.05) is 30.3 Å². The Morgan fingerprint density at radius 1 is 1.05 bits per heavy atom. The van der Waals surface area contributed by atoms with Gasteiger partial charge in [-0.15, -0.1) is 0 Å². The molecule has 0 unspecified atom stereocenters. The minimum atomic E-state index is -1.30. The normalized spacial score (nSPS) is 10.2. The van der Waals surface area contributed by atoms with E-state index in [2.05, 4.69) is 10.6 Å². The Morgan fingerprint density at radius 2 is 1.76 bits per heavy atom. The summed E-state index contributed by atoms with van der Waals surface area (Å²) in [5.74, 6) is -3.85. The number of anilines is 1. The average molecular weight is 294 g/mol. The fourth-order valence-corrected chi connectivity index (χ4v) is 1.72. The molecule has 0 aromatic heterocycles. The monoisotopic (exact) mass is 294 g/mol. The van der Waals surface area contributed by atoms with Crippen LogP contribution < -0.4 is 10.6 Å². The molecule has 0 aliphatic rings. The van der Waals surface area contributed by atoms with Gasteiger partial charge in [0.1, 0.15) is 5.82 Å². The fourth-order valence-electron chi connectivity index (χ4n) is 1.72. The van der Waals surface area contributed by atoms with Crippen molar-refractivity contribution in [3.8, 4) is 0 Å². The van der Waals surface area contributed by atoms with Gasteiger partial charge in [-0.25, -0.2) is 13.2 Å². The Kier molecular flexibility index (Phi) is 4.81. The Morgan fingerprint density at radius 3 is 2.48 bits per heavy atom. The maximum absolute atomic E-state index is 13.3. The van der Waals surface area contributed by atoms with Crippen LogP contribution in [0.15, 0.2) is 42.5 Å². The summed E-state index contributed by atoms with van der Waals surface area (Å²) >= 11 is 0. The lowest BCUT2D eigenvalue weighted by molar-refractivity contribution is -0.119. The zero-order valence-electron chi connectivity index (χ0n) is 11.0. The largest absolute Gasteiger partial charge is 0.374 e. The van der Waals surface area contributed by atoms with Crippen molar-refractivity contribution in [2.45, 2.75) is 6.54 Å². The van der Waals surface area contributed by atoms with Gasteiger partial charge in [0, 0.05) is 18.7 Å². The molecule has 6 heteroatoms. The maximum atomic E-state index is 13.3. The van der Waals surface area contributed by atoms with Gasteiger partial charge in [-0.3, -0.25) is 4.79 Å². The van der Waals surface area contributed by atoms with E-state index in [1.54, 1.807) is 0 Å². The number of nitrogens with one attached hydrogen (secondary N) is 2. The molecule has 2 rings (SSSR count). The fraction of sp³-hybridized carbons (Fsp3) is 0.133. The smallest absolute Gasteiger partial charge is 0.239 e. The van der Waals surface area contributed by atoms with Gasteiger partial charge in [0.25, 0.3) is 0 Å². The topological polar surface area (TPSA) is 41.1 Å². The van der Waals surface area contributed by atoms with Crippen molar-refractivity contribution in [1.29, 1.82) is 0 Å². The van der Waals surface area contributed by atoms with E-state index in [0.29, 0.717) is 12.6 Å². The summed E-state index contributed by atoms with van der Waals surface area (Å²) < 4.78 is 39.3. The average Bonchev–Trinajstić information content (AvgIpc) is 2.48. The van der Waals surface area contributed by atoms with Gasteiger partial charge in [-0.2, -0.15) is 0 Å². The first kappa shape index (κ1) is 14.9. The predicted octanol–water partition coefficient (Wildman–Crippen LogP) is 2.83. The lowest BCUT2D eigenvalue weighted by Gasteiger charge is -2.09. The number of hydrogen-bond donors (Lipinski definition) is 2. The molecule has 0 saturated carbocycles. The van der Waals surface area contributed by atoms with E-state index in [-0.39, 0.29) is 12.2 Å². The highest BCUT2D eigenvalue weighted by atomic mass is 19.2. The summed E-state index contributed by atoms with van der Waals surface area (Å²) in [6.07, 6.45) is 0. The van der Waals surface area contributed by atoms with E-state index in [4.69, 9.17) is 0 Å². The first-order valence-electron chi connectivity index (χ1n) is 6.25. The number of carbonyl (C=O) groups excluding carboxylic acids is 1. The molecule has 0 aliphatic carbocycles. The summed E-state index contributed by atoms with van der Waals surface area (Å²) in [6, 6.07) is 10.5. The van der Waals surface area contributed by atoms with Crippen LogP contribution in [0.4, 0.5) is 18.9 Å². The summed E-state index contributed by atoms with van der Waals surface area (Å²) in [7, 11) is 0. The van der Waals surface area contributed by atoms with Crippen LogP contribution in [0.1, 0.15) is 5.56 Å². The first-order chi connectivity index (χ1) is 10.1. The Labute approximate surface area is 119 Å². The maximum Gasteiger partial charge on any atom is 0.239 e. The summed E-state index contributed by atoms with van der Waals surface area (Å²) in [4.78, 5) is 11.6. The molecular weight excluding hydrogens is 281 g/mol. The van der Waals surface area contributed by atoms with Gasteiger partial charge in [-0.05, 0) is 5.56 Å². The van der Waals surface area contributed by atoms with Crippen LogP contribution in [0, 0.1) is 17.5 Å². The van der Waals surface area contributed by atoms with Crippen molar-refractivity contribution in [2.75, 3.05) is 11.9 Å². The lowest BCUT2D eigenvalue weighted by Crippen LogP contribution is -2.29. The van der Waals surface area contributed by atoms with Gasteiger partial charge >= 0.3 is 0 Å². The molecule has 0 aliphatic heterocycles. The van der Waals surface area contributed by atoms with Crippen LogP contribution in [-0.2, 0) is 11.3 Å². The molecule has 0 heterocycles. The predicted molar refractivity (Wildman–Crippen MR) is 73.1 cm³/mol. The number of halogens is 3. The molecule has 0 saturated heterocycles. The second-order valence-corrected chi connectivity index (χ2v) is 4.37. The van der Waals surface area contributed by atoms with Crippen molar-refractivity contribution in [3.05, 3.63) is 65.5 Å². The molecule has 0 spiro atoms. The highest BCUT2D eigenvalue weighted by molar-refractivity contribution is 5.80. The summed E-state index contributed by atoms with van der Waals surface area (Å²) in [6.45, 7) is 0.0357. The third-order valence-corrected chi connectivity index (χ3v) is 2.76. The van der Waals surface area contributed by atoms with Crippen LogP contribution in [0.5, 0.6) is 0 Å². The third kappa shape index (κ3) is 4.24. The van der Waals surface area contributed by atoms with E-state index in [0.717, 1.165) is 11.6 Å². The van der Waals surface area contributed by atoms with Crippen LogP contribution in [0.2, 0.25) is 0 Å². The summed E-state index contributed by atoms with van der Waals surface area (Å²) in [5.41, 5.74) is 0.524. The van der Waals surface area contributed by atoms with Crippen molar-refractivity contribution in [3.63, 3.8) is 0 Å². The standard InChI is InChI=1S/C15H13F3N2O/c16-11-6-12(17)15(18)13(7-11)19-9-14(21)20-8-10-4-2-1-3-5-10/h1-7,19H,8-9H2,(H,20,21). The molecule has 2 aromatic carbocycles. The Bertz CT molecular complexity index is 632. The zero-order valence-corrected chi connectivity index (χ0v) is 11.0. The van der Waals surface area contributed by atoms with Gasteiger partial charge in [0.15, 0.2) is 11.6 Å². The van der Waals surface area contributed by atoms with Gasteiger partial charge < -0.3 is 10.6 Å². The molecular formula is C15H13F3N2O. The molecule has 2 N–H and O–H groups in total. The molecule has 3 nitrogen and oxygen atoms in total. The second kappa shape index (κ2) is 6.78. The van der Waals surface area contributed by atoms with E-state index < -0.39 is 23.4 Å². The number of amides is 1. The molecule has 21 heavy (non-hydrogen) atoms. The number of hydrogen-bond acceptors (Lipinski definition) is 2. The minimum Gasteiger partial charge on any atom is -0.374 e. The van der Waals surface area contributed by atoms with Crippen molar-refractivity contribution >= 4 is 11.6 Å². The quantitative estimate of drug-likeness (QED) is 0.833. The molecule has 0 bridgehead atoms. The molecule has 0 atom stereocenters. The van der Waals surface area contributed by atoms with Crippen LogP contribution in [0.3, 0.4) is 0 Å².